The number of allylic oxidation sites excluding steroid dienone is 1. The minimum atomic E-state index is -1.16. The molecule has 1 aliphatic rings. The Balaban J connectivity index is 1.69. The van der Waals surface area contributed by atoms with Crippen LogP contribution in [0.3, 0.4) is 0 Å². The Bertz CT molecular complexity index is 1120. The summed E-state index contributed by atoms with van der Waals surface area (Å²) < 4.78 is 11.3. The molecule has 2 amide bonds. The molecule has 0 spiro atoms. The Hall–Kier alpha value is -3.65. The molecule has 198 valence electrons. The summed E-state index contributed by atoms with van der Waals surface area (Å²) in [6.45, 7) is 9.11. The van der Waals surface area contributed by atoms with E-state index in [-0.39, 0.29) is 25.6 Å². The Kier molecular flexibility index (Phi) is 9.10. The van der Waals surface area contributed by atoms with Gasteiger partial charge in [0.15, 0.2) is 0 Å². The number of carboxylic acids is 1. The lowest BCUT2D eigenvalue weighted by Gasteiger charge is -2.25. The molecular formula is C29H36N2O6. The summed E-state index contributed by atoms with van der Waals surface area (Å²) in [6.07, 6.45) is 1.08. The van der Waals surface area contributed by atoms with Crippen LogP contribution < -0.4 is 10.6 Å². The Morgan fingerprint density at radius 2 is 1.51 bits per heavy atom. The molecule has 3 rings (SSSR count). The fourth-order valence-electron chi connectivity index (χ4n) is 4.15. The Labute approximate surface area is 218 Å². The first-order valence-corrected chi connectivity index (χ1v) is 12.4. The van der Waals surface area contributed by atoms with Gasteiger partial charge >= 0.3 is 12.1 Å². The summed E-state index contributed by atoms with van der Waals surface area (Å²) in [6, 6.07) is 13.7. The smallest absolute Gasteiger partial charge is 0.407 e. The fourth-order valence-corrected chi connectivity index (χ4v) is 4.15. The van der Waals surface area contributed by atoms with Gasteiger partial charge in [-0.2, -0.15) is 0 Å². The van der Waals surface area contributed by atoms with Crippen LogP contribution in [0.4, 0.5) is 4.79 Å². The second kappa shape index (κ2) is 12.1. The second-order valence-electron chi connectivity index (χ2n) is 10.4. The lowest BCUT2D eigenvalue weighted by molar-refractivity contribution is -0.142. The van der Waals surface area contributed by atoms with E-state index in [4.69, 9.17) is 9.47 Å². The van der Waals surface area contributed by atoms with E-state index in [1.807, 2.05) is 83.1 Å². The van der Waals surface area contributed by atoms with Crippen LogP contribution in [0, 0.1) is 0 Å². The zero-order chi connectivity index (χ0) is 27.2. The highest BCUT2D eigenvalue weighted by Crippen LogP contribution is 2.44. The molecule has 8 heteroatoms. The van der Waals surface area contributed by atoms with E-state index in [9.17, 15) is 19.5 Å². The second-order valence-corrected chi connectivity index (χ2v) is 10.4. The summed E-state index contributed by atoms with van der Waals surface area (Å²) >= 11 is 0. The maximum absolute atomic E-state index is 13.0. The van der Waals surface area contributed by atoms with Crippen molar-refractivity contribution in [1.29, 1.82) is 0 Å². The first-order chi connectivity index (χ1) is 17.5. The molecule has 0 bridgehead atoms. The number of nitrogens with one attached hydrogen (secondary N) is 2. The maximum atomic E-state index is 13.0. The van der Waals surface area contributed by atoms with Crippen molar-refractivity contribution in [3.05, 3.63) is 71.3 Å². The maximum Gasteiger partial charge on any atom is 0.407 e. The number of hydrogen-bond acceptors (Lipinski definition) is 5. The van der Waals surface area contributed by atoms with Gasteiger partial charge in [0.25, 0.3) is 0 Å². The van der Waals surface area contributed by atoms with Gasteiger partial charge in [-0.25, -0.2) is 9.59 Å². The number of fused-ring (bicyclic) bond motifs is 3. The molecular weight excluding hydrogens is 472 g/mol. The van der Waals surface area contributed by atoms with E-state index in [1.54, 1.807) is 6.08 Å². The van der Waals surface area contributed by atoms with Gasteiger partial charge in [-0.3, -0.25) is 4.79 Å². The number of amides is 2. The SMILES string of the molecule is CC(C)=CC[C@H](NC(=O)[C@H](COC(C)(C)C)NC(=O)OCC1c2ccccc2-c2ccccc21)C(=O)O. The number of carboxylic acid groups (broad SMARTS) is 1. The third kappa shape index (κ3) is 7.67. The molecule has 0 aromatic heterocycles. The fraction of sp³-hybridized carbons (Fsp3) is 0.414. The highest BCUT2D eigenvalue weighted by atomic mass is 16.5. The van der Waals surface area contributed by atoms with Crippen molar-refractivity contribution in [3.63, 3.8) is 0 Å². The number of hydrogen-bond donors (Lipinski definition) is 3. The molecule has 2 atom stereocenters. The van der Waals surface area contributed by atoms with Gasteiger partial charge in [-0.1, -0.05) is 60.2 Å². The third-order valence-electron chi connectivity index (χ3n) is 6.01. The first kappa shape index (κ1) is 27.9. The van der Waals surface area contributed by atoms with Crippen LogP contribution in [-0.2, 0) is 19.1 Å². The Morgan fingerprint density at radius 1 is 0.946 bits per heavy atom. The van der Waals surface area contributed by atoms with Crippen molar-refractivity contribution in [1.82, 2.24) is 10.6 Å². The predicted molar refractivity (Wildman–Crippen MR) is 141 cm³/mol. The molecule has 3 N–H and O–H groups in total. The highest BCUT2D eigenvalue weighted by molar-refractivity contribution is 5.89. The Morgan fingerprint density at radius 3 is 2.03 bits per heavy atom. The molecule has 2 aromatic carbocycles. The van der Waals surface area contributed by atoms with Crippen LogP contribution in [0.2, 0.25) is 0 Å². The normalized spacial score (nSPS) is 14.1. The van der Waals surface area contributed by atoms with Crippen molar-refractivity contribution in [2.45, 2.75) is 64.6 Å². The average Bonchev–Trinajstić information content (AvgIpc) is 3.15. The van der Waals surface area contributed by atoms with E-state index in [0.717, 1.165) is 27.8 Å². The van der Waals surface area contributed by atoms with Crippen molar-refractivity contribution < 1.29 is 29.0 Å². The minimum Gasteiger partial charge on any atom is -0.480 e. The number of carbonyl (C=O) groups excluding carboxylic acids is 2. The number of carbonyl (C=O) groups is 3. The average molecular weight is 509 g/mol. The van der Waals surface area contributed by atoms with Gasteiger partial charge < -0.3 is 25.2 Å². The monoisotopic (exact) mass is 508 g/mol. The molecule has 0 unspecified atom stereocenters. The van der Waals surface area contributed by atoms with Crippen LogP contribution in [0.5, 0.6) is 0 Å². The van der Waals surface area contributed by atoms with Crippen molar-refractivity contribution in [3.8, 4) is 11.1 Å². The van der Waals surface area contributed by atoms with Gasteiger partial charge in [-0.05, 0) is 63.3 Å². The lowest BCUT2D eigenvalue weighted by Crippen LogP contribution is -2.54. The molecule has 0 fully saturated rings. The number of ether oxygens (including phenoxy) is 2. The summed E-state index contributed by atoms with van der Waals surface area (Å²) in [7, 11) is 0. The topological polar surface area (TPSA) is 114 Å². The van der Waals surface area contributed by atoms with Crippen molar-refractivity contribution in [2.75, 3.05) is 13.2 Å². The van der Waals surface area contributed by atoms with E-state index in [0.29, 0.717) is 0 Å². The summed E-state index contributed by atoms with van der Waals surface area (Å²) in [5, 5.41) is 14.6. The van der Waals surface area contributed by atoms with Crippen LogP contribution in [0.15, 0.2) is 60.2 Å². The third-order valence-corrected chi connectivity index (χ3v) is 6.01. The molecule has 0 heterocycles. The number of alkyl carbamates (subject to hydrolysis) is 1. The van der Waals surface area contributed by atoms with E-state index in [1.165, 1.54) is 0 Å². The largest absolute Gasteiger partial charge is 0.480 e. The number of rotatable bonds is 10. The molecule has 0 aliphatic heterocycles. The standard InChI is InChI=1S/C29H36N2O6/c1-18(2)14-15-24(27(33)34)30-26(32)25(17-37-29(3,4)5)31-28(35)36-16-23-21-12-8-6-10-19(21)20-11-7-9-13-22(20)23/h6-14,23-25H,15-17H2,1-5H3,(H,30,32)(H,31,35)(H,33,34)/t24-,25-/m0/s1. The summed E-state index contributed by atoms with van der Waals surface area (Å²) in [5.74, 6) is -1.95. The summed E-state index contributed by atoms with van der Waals surface area (Å²) in [4.78, 5) is 37.5. The molecule has 2 aromatic rings. The minimum absolute atomic E-state index is 0.0899. The van der Waals surface area contributed by atoms with Gasteiger partial charge in [0, 0.05) is 5.92 Å². The summed E-state index contributed by atoms with van der Waals surface area (Å²) in [5.41, 5.74) is 4.73. The van der Waals surface area contributed by atoms with Crippen LogP contribution in [0.25, 0.3) is 11.1 Å². The lowest BCUT2D eigenvalue weighted by atomic mass is 9.98. The van der Waals surface area contributed by atoms with E-state index in [2.05, 4.69) is 10.6 Å². The van der Waals surface area contributed by atoms with Gasteiger partial charge in [0.2, 0.25) is 5.91 Å². The van der Waals surface area contributed by atoms with Crippen molar-refractivity contribution >= 4 is 18.0 Å². The zero-order valence-corrected chi connectivity index (χ0v) is 22.0. The quantitative estimate of drug-likeness (QED) is 0.403. The molecule has 0 radical (unpaired) electrons. The number of aliphatic carboxylic acids is 1. The van der Waals surface area contributed by atoms with Gasteiger partial charge in [-0.15, -0.1) is 0 Å². The van der Waals surface area contributed by atoms with Gasteiger partial charge in [0.05, 0.1) is 12.2 Å². The van der Waals surface area contributed by atoms with Crippen molar-refractivity contribution in [2.24, 2.45) is 0 Å². The zero-order valence-electron chi connectivity index (χ0n) is 22.0. The molecule has 0 saturated heterocycles. The van der Waals surface area contributed by atoms with Gasteiger partial charge in [0.1, 0.15) is 18.7 Å². The molecule has 0 saturated carbocycles. The van der Waals surface area contributed by atoms with E-state index >= 15 is 0 Å². The van der Waals surface area contributed by atoms with Crippen LogP contribution in [-0.4, -0.2) is 54.0 Å². The van der Waals surface area contributed by atoms with Crippen LogP contribution in [0.1, 0.15) is 58.1 Å². The molecule has 37 heavy (non-hydrogen) atoms. The first-order valence-electron chi connectivity index (χ1n) is 12.4. The van der Waals surface area contributed by atoms with Crippen LogP contribution >= 0.6 is 0 Å². The number of benzene rings is 2. The highest BCUT2D eigenvalue weighted by Gasteiger charge is 2.31. The molecule has 8 nitrogen and oxygen atoms in total. The van der Waals surface area contributed by atoms with E-state index < -0.39 is 35.7 Å². The molecule has 1 aliphatic carbocycles. The predicted octanol–water partition coefficient (Wildman–Crippen LogP) is 4.63.